The molecule has 0 unspecified atom stereocenters. The molecule has 7 nitrogen and oxygen atoms in total. The van der Waals surface area contributed by atoms with E-state index in [1.165, 1.54) is 25.7 Å². The lowest BCUT2D eigenvalue weighted by atomic mass is 10.2. The molecule has 0 aromatic carbocycles. The molecular formula is C11H17N7. The third kappa shape index (κ3) is 2.35. The molecule has 7 heteroatoms. The van der Waals surface area contributed by atoms with Gasteiger partial charge in [0.05, 0.1) is 11.6 Å². The number of aromatic nitrogens is 4. The molecule has 0 amide bonds. The Bertz CT molecular complexity index is 531. The Hall–Kier alpha value is -1.89. The van der Waals surface area contributed by atoms with Crippen LogP contribution in [0.15, 0.2) is 6.20 Å². The molecule has 5 N–H and O–H groups in total. The molecule has 0 saturated heterocycles. The summed E-state index contributed by atoms with van der Waals surface area (Å²) in [7, 11) is 0. The second-order valence-corrected chi connectivity index (χ2v) is 4.68. The standard InChI is InChI=1S/C11H17N7/c12-17-11-15-9(8-6-14-18-10(8)16-11)13-5-1-2-7-3-4-7/h6-7H,1-5,12H2,(H3,13,14,15,16,17,18). The first kappa shape index (κ1) is 11.2. The minimum Gasteiger partial charge on any atom is -0.369 e. The molecule has 3 rings (SSSR count). The second kappa shape index (κ2) is 4.77. The van der Waals surface area contributed by atoms with Gasteiger partial charge in [0.1, 0.15) is 5.82 Å². The van der Waals surface area contributed by atoms with Crippen LogP contribution in [-0.4, -0.2) is 26.7 Å². The third-order valence-corrected chi connectivity index (χ3v) is 3.22. The number of nitrogens with two attached hydrogens (primary N) is 1. The van der Waals surface area contributed by atoms with Gasteiger partial charge >= 0.3 is 0 Å². The first-order valence-corrected chi connectivity index (χ1v) is 6.28. The van der Waals surface area contributed by atoms with E-state index in [9.17, 15) is 0 Å². The van der Waals surface area contributed by atoms with Crippen LogP contribution in [-0.2, 0) is 0 Å². The van der Waals surface area contributed by atoms with Gasteiger partial charge in [-0.3, -0.25) is 10.5 Å². The van der Waals surface area contributed by atoms with Crippen molar-refractivity contribution < 1.29 is 0 Å². The van der Waals surface area contributed by atoms with Crippen molar-refractivity contribution in [2.24, 2.45) is 11.8 Å². The van der Waals surface area contributed by atoms with E-state index in [1.54, 1.807) is 6.20 Å². The fourth-order valence-electron chi connectivity index (χ4n) is 2.04. The van der Waals surface area contributed by atoms with Crippen molar-refractivity contribution in [3.63, 3.8) is 0 Å². The Morgan fingerprint density at radius 3 is 3.06 bits per heavy atom. The molecule has 1 fully saturated rings. The summed E-state index contributed by atoms with van der Waals surface area (Å²) in [5, 5.41) is 11.0. The minimum absolute atomic E-state index is 0.386. The monoisotopic (exact) mass is 247 g/mol. The quantitative estimate of drug-likeness (QED) is 0.348. The first-order chi connectivity index (χ1) is 8.86. The van der Waals surface area contributed by atoms with Gasteiger partial charge in [-0.05, 0) is 18.8 Å². The van der Waals surface area contributed by atoms with Crippen molar-refractivity contribution in [2.75, 3.05) is 17.3 Å². The van der Waals surface area contributed by atoms with E-state index in [1.807, 2.05) is 0 Å². The summed E-state index contributed by atoms with van der Waals surface area (Å²) in [5.41, 5.74) is 3.14. The summed E-state index contributed by atoms with van der Waals surface area (Å²) in [6.45, 7) is 0.914. The molecule has 0 aliphatic heterocycles. The molecule has 2 heterocycles. The van der Waals surface area contributed by atoms with Crippen LogP contribution in [0.25, 0.3) is 11.0 Å². The zero-order valence-corrected chi connectivity index (χ0v) is 10.1. The van der Waals surface area contributed by atoms with Crippen LogP contribution in [0.2, 0.25) is 0 Å². The van der Waals surface area contributed by atoms with Gasteiger partial charge in [-0.1, -0.05) is 12.8 Å². The summed E-state index contributed by atoms with van der Waals surface area (Å²) < 4.78 is 0. The number of nitrogens with zero attached hydrogens (tertiary/aromatic N) is 3. The van der Waals surface area contributed by atoms with E-state index >= 15 is 0 Å². The molecule has 1 aliphatic carbocycles. The summed E-state index contributed by atoms with van der Waals surface area (Å²) in [6.07, 6.45) is 6.99. The topological polar surface area (TPSA) is 105 Å². The smallest absolute Gasteiger partial charge is 0.241 e. The van der Waals surface area contributed by atoms with Crippen LogP contribution in [0.5, 0.6) is 0 Å². The predicted octanol–water partition coefficient (Wildman–Crippen LogP) is 1.24. The van der Waals surface area contributed by atoms with E-state index in [0.29, 0.717) is 11.6 Å². The second-order valence-electron chi connectivity index (χ2n) is 4.68. The first-order valence-electron chi connectivity index (χ1n) is 6.28. The number of rotatable bonds is 6. The summed E-state index contributed by atoms with van der Waals surface area (Å²) in [6, 6.07) is 0. The number of fused-ring (bicyclic) bond motifs is 1. The van der Waals surface area contributed by atoms with Crippen molar-refractivity contribution in [2.45, 2.75) is 25.7 Å². The molecule has 1 saturated carbocycles. The van der Waals surface area contributed by atoms with Crippen LogP contribution in [0.1, 0.15) is 25.7 Å². The van der Waals surface area contributed by atoms with Crippen LogP contribution < -0.4 is 16.6 Å². The van der Waals surface area contributed by atoms with E-state index in [0.717, 1.165) is 23.7 Å². The van der Waals surface area contributed by atoms with Crippen LogP contribution in [0.4, 0.5) is 11.8 Å². The van der Waals surface area contributed by atoms with Crippen LogP contribution in [0.3, 0.4) is 0 Å². The van der Waals surface area contributed by atoms with Gasteiger partial charge in [-0.2, -0.15) is 15.1 Å². The van der Waals surface area contributed by atoms with Gasteiger partial charge in [0.2, 0.25) is 5.95 Å². The van der Waals surface area contributed by atoms with E-state index in [4.69, 9.17) is 5.84 Å². The summed E-state index contributed by atoms with van der Waals surface area (Å²) in [5.74, 6) is 7.47. The van der Waals surface area contributed by atoms with Crippen LogP contribution >= 0.6 is 0 Å². The molecule has 2 aromatic rings. The number of H-pyrrole nitrogens is 1. The number of nitrogens with one attached hydrogen (secondary N) is 3. The van der Waals surface area contributed by atoms with Crippen molar-refractivity contribution in [3.05, 3.63) is 6.20 Å². The SMILES string of the molecule is NNc1nc(NCCCC2CC2)c2cn[nH]c2n1. The Kier molecular flexibility index (Phi) is 2.97. The zero-order chi connectivity index (χ0) is 12.4. The van der Waals surface area contributed by atoms with Crippen molar-refractivity contribution >= 4 is 22.8 Å². The largest absolute Gasteiger partial charge is 0.369 e. The third-order valence-electron chi connectivity index (χ3n) is 3.22. The summed E-state index contributed by atoms with van der Waals surface area (Å²) in [4.78, 5) is 8.48. The van der Waals surface area contributed by atoms with E-state index < -0.39 is 0 Å². The van der Waals surface area contributed by atoms with Gasteiger partial charge in [0.15, 0.2) is 5.65 Å². The Labute approximate surface area is 105 Å². The zero-order valence-electron chi connectivity index (χ0n) is 10.1. The molecule has 0 spiro atoms. The van der Waals surface area contributed by atoms with Crippen molar-refractivity contribution in [1.82, 2.24) is 20.2 Å². The Balaban J connectivity index is 1.70. The molecule has 18 heavy (non-hydrogen) atoms. The average Bonchev–Trinajstić information content (AvgIpc) is 3.09. The molecule has 2 aromatic heterocycles. The maximum atomic E-state index is 5.34. The molecule has 1 aliphatic rings. The molecule has 0 radical (unpaired) electrons. The van der Waals surface area contributed by atoms with Gasteiger partial charge < -0.3 is 5.32 Å². The average molecular weight is 247 g/mol. The minimum atomic E-state index is 0.386. The molecule has 0 atom stereocenters. The number of hydrazine groups is 1. The molecule has 96 valence electrons. The highest BCUT2D eigenvalue weighted by Crippen LogP contribution is 2.33. The Morgan fingerprint density at radius 2 is 2.28 bits per heavy atom. The molecule has 0 bridgehead atoms. The van der Waals surface area contributed by atoms with Gasteiger partial charge in [0, 0.05) is 6.54 Å². The normalized spacial score (nSPS) is 14.9. The number of anilines is 2. The highest BCUT2D eigenvalue weighted by Gasteiger charge is 2.20. The van der Waals surface area contributed by atoms with E-state index in [-0.39, 0.29) is 0 Å². The van der Waals surface area contributed by atoms with Gasteiger partial charge in [0.25, 0.3) is 0 Å². The lowest BCUT2D eigenvalue weighted by Crippen LogP contribution is -2.12. The lowest BCUT2D eigenvalue weighted by molar-refractivity contribution is 0.687. The number of aromatic amines is 1. The Morgan fingerprint density at radius 1 is 1.39 bits per heavy atom. The predicted molar refractivity (Wildman–Crippen MR) is 69.9 cm³/mol. The van der Waals surface area contributed by atoms with Crippen molar-refractivity contribution in [1.29, 1.82) is 0 Å². The van der Waals surface area contributed by atoms with E-state index in [2.05, 4.69) is 30.9 Å². The van der Waals surface area contributed by atoms with Crippen LogP contribution in [0, 0.1) is 5.92 Å². The van der Waals surface area contributed by atoms with Gasteiger partial charge in [-0.15, -0.1) is 0 Å². The maximum Gasteiger partial charge on any atom is 0.241 e. The highest BCUT2D eigenvalue weighted by atomic mass is 15.3. The fourth-order valence-corrected chi connectivity index (χ4v) is 2.04. The fraction of sp³-hybridized carbons (Fsp3) is 0.545. The lowest BCUT2D eigenvalue weighted by Gasteiger charge is -2.07. The number of hydrogen-bond acceptors (Lipinski definition) is 6. The summed E-state index contributed by atoms with van der Waals surface area (Å²) >= 11 is 0. The maximum absolute atomic E-state index is 5.34. The van der Waals surface area contributed by atoms with Gasteiger partial charge in [-0.25, -0.2) is 5.84 Å². The highest BCUT2D eigenvalue weighted by molar-refractivity contribution is 5.86. The number of hydrogen-bond donors (Lipinski definition) is 4. The van der Waals surface area contributed by atoms with Crippen molar-refractivity contribution in [3.8, 4) is 0 Å². The number of nitrogen functional groups attached to an aromatic ring is 1. The molecular weight excluding hydrogens is 230 g/mol.